The Labute approximate surface area is 129 Å². The summed E-state index contributed by atoms with van der Waals surface area (Å²) >= 11 is 0. The molecule has 0 bridgehead atoms. The topological polar surface area (TPSA) is 33.1 Å². The molecule has 120 valence electrons. The number of hydrogen-bond acceptors (Lipinski definition) is 3. The normalized spacial score (nSPS) is 20.3. The maximum Gasteiger partial charge on any atom is 0.0625 e. The van der Waals surface area contributed by atoms with E-state index in [4.69, 9.17) is 0 Å². The van der Waals surface area contributed by atoms with Gasteiger partial charge in [-0.2, -0.15) is 5.10 Å². The van der Waals surface area contributed by atoms with Gasteiger partial charge in [-0.05, 0) is 38.8 Å². The molecule has 4 heteroatoms. The molecule has 0 aliphatic carbocycles. The smallest absolute Gasteiger partial charge is 0.0625 e. The fraction of sp³-hybridized carbons (Fsp3) is 0.824. The van der Waals surface area contributed by atoms with Gasteiger partial charge in [0.25, 0.3) is 0 Å². The lowest BCUT2D eigenvalue weighted by Crippen LogP contribution is -2.46. The average molecular weight is 292 g/mol. The van der Waals surface area contributed by atoms with Crippen molar-refractivity contribution >= 4 is 0 Å². The van der Waals surface area contributed by atoms with Crippen molar-refractivity contribution in [3.05, 3.63) is 17.5 Å². The summed E-state index contributed by atoms with van der Waals surface area (Å²) < 4.78 is 2.18. The zero-order valence-electron chi connectivity index (χ0n) is 14.2. The molecule has 1 N–H and O–H groups in total. The highest BCUT2D eigenvalue weighted by atomic mass is 15.3. The fourth-order valence-electron chi connectivity index (χ4n) is 3.17. The minimum absolute atomic E-state index is 0.571. The van der Waals surface area contributed by atoms with Crippen molar-refractivity contribution in [2.75, 3.05) is 13.1 Å². The summed E-state index contributed by atoms with van der Waals surface area (Å²) in [5, 5.41) is 8.30. The summed E-state index contributed by atoms with van der Waals surface area (Å²) in [5.74, 6) is 0. The number of rotatable bonds is 7. The van der Waals surface area contributed by atoms with Crippen LogP contribution in [0.15, 0.2) is 6.07 Å². The van der Waals surface area contributed by atoms with Crippen LogP contribution < -0.4 is 5.32 Å². The molecule has 2 heterocycles. The Kier molecular flexibility index (Phi) is 6.24. The van der Waals surface area contributed by atoms with Gasteiger partial charge in [0, 0.05) is 31.7 Å². The first-order chi connectivity index (χ1) is 10.1. The first-order valence-electron chi connectivity index (χ1n) is 8.67. The van der Waals surface area contributed by atoms with Crippen LogP contribution in [0.25, 0.3) is 0 Å². The van der Waals surface area contributed by atoms with Crippen molar-refractivity contribution in [2.24, 2.45) is 0 Å². The van der Waals surface area contributed by atoms with Gasteiger partial charge in [0.05, 0.1) is 11.4 Å². The Morgan fingerprint density at radius 3 is 2.81 bits per heavy atom. The monoisotopic (exact) mass is 292 g/mol. The molecule has 0 amide bonds. The number of likely N-dealkylation sites (tertiary alicyclic amines) is 1. The third-order valence-electron chi connectivity index (χ3n) is 4.45. The lowest BCUT2D eigenvalue weighted by atomic mass is 10.0. The Morgan fingerprint density at radius 2 is 2.14 bits per heavy atom. The van der Waals surface area contributed by atoms with Crippen molar-refractivity contribution in [2.45, 2.75) is 78.6 Å². The van der Waals surface area contributed by atoms with Crippen LogP contribution in [-0.4, -0.2) is 39.9 Å². The van der Waals surface area contributed by atoms with Gasteiger partial charge in [-0.1, -0.05) is 27.2 Å². The molecule has 0 spiro atoms. The Hall–Kier alpha value is -0.870. The van der Waals surface area contributed by atoms with E-state index in [2.05, 4.69) is 53.8 Å². The predicted molar refractivity (Wildman–Crippen MR) is 88.5 cm³/mol. The van der Waals surface area contributed by atoms with E-state index in [9.17, 15) is 0 Å². The summed E-state index contributed by atoms with van der Waals surface area (Å²) in [5.41, 5.74) is 2.60. The van der Waals surface area contributed by atoms with E-state index in [1.165, 1.54) is 37.2 Å². The molecule has 1 atom stereocenters. The number of piperidine rings is 1. The molecular formula is C17H32N4. The van der Waals surface area contributed by atoms with Crippen LogP contribution in [0.5, 0.6) is 0 Å². The third kappa shape index (κ3) is 4.55. The second-order valence-corrected chi connectivity index (χ2v) is 6.48. The molecule has 21 heavy (non-hydrogen) atoms. The van der Waals surface area contributed by atoms with Gasteiger partial charge in [-0.25, -0.2) is 0 Å². The maximum absolute atomic E-state index is 4.69. The van der Waals surface area contributed by atoms with E-state index in [1.807, 2.05) is 0 Å². The standard InChI is InChI=1S/C17H32N4/c1-5-15-11-17(21(6-2)19-15)13-20-10-8-7-9-16(20)12-18-14(3)4/h11,14,16,18H,5-10,12-13H2,1-4H3. The first kappa shape index (κ1) is 16.5. The molecule has 1 fully saturated rings. The van der Waals surface area contributed by atoms with E-state index in [-0.39, 0.29) is 0 Å². The van der Waals surface area contributed by atoms with Gasteiger partial charge < -0.3 is 5.32 Å². The third-order valence-corrected chi connectivity index (χ3v) is 4.45. The van der Waals surface area contributed by atoms with Crippen LogP contribution in [-0.2, 0) is 19.5 Å². The van der Waals surface area contributed by atoms with Gasteiger partial charge in [0.2, 0.25) is 0 Å². The summed E-state index contributed by atoms with van der Waals surface area (Å²) in [7, 11) is 0. The molecule has 0 saturated carbocycles. The van der Waals surface area contributed by atoms with E-state index in [0.717, 1.165) is 26.1 Å². The summed E-state index contributed by atoms with van der Waals surface area (Å²) in [6, 6.07) is 3.54. The molecule has 1 aromatic heterocycles. The summed E-state index contributed by atoms with van der Waals surface area (Å²) in [4.78, 5) is 2.65. The molecule has 1 aromatic rings. The van der Waals surface area contributed by atoms with Crippen LogP contribution in [0, 0.1) is 0 Å². The van der Waals surface area contributed by atoms with Crippen molar-refractivity contribution in [3.8, 4) is 0 Å². The van der Waals surface area contributed by atoms with Gasteiger partial charge >= 0.3 is 0 Å². The maximum atomic E-state index is 4.69. The SMILES string of the molecule is CCc1cc(CN2CCCCC2CNC(C)C)n(CC)n1. The molecule has 0 aromatic carbocycles. The van der Waals surface area contributed by atoms with Crippen molar-refractivity contribution in [1.82, 2.24) is 20.0 Å². The van der Waals surface area contributed by atoms with Gasteiger partial charge in [-0.15, -0.1) is 0 Å². The van der Waals surface area contributed by atoms with E-state index in [1.54, 1.807) is 0 Å². The highest BCUT2D eigenvalue weighted by Gasteiger charge is 2.23. The quantitative estimate of drug-likeness (QED) is 0.839. The molecule has 2 rings (SSSR count). The second kappa shape index (κ2) is 7.95. The molecule has 1 aliphatic rings. The number of nitrogens with one attached hydrogen (secondary N) is 1. The van der Waals surface area contributed by atoms with Crippen molar-refractivity contribution in [1.29, 1.82) is 0 Å². The summed E-state index contributed by atoms with van der Waals surface area (Å²) in [6.07, 6.45) is 5.05. The van der Waals surface area contributed by atoms with Crippen LogP contribution in [0.1, 0.15) is 58.3 Å². The molecule has 1 unspecified atom stereocenters. The van der Waals surface area contributed by atoms with Crippen LogP contribution in [0.3, 0.4) is 0 Å². The first-order valence-corrected chi connectivity index (χ1v) is 8.67. The number of nitrogens with zero attached hydrogens (tertiary/aromatic N) is 3. The van der Waals surface area contributed by atoms with Crippen LogP contribution in [0.2, 0.25) is 0 Å². The summed E-state index contributed by atoms with van der Waals surface area (Å²) in [6.45, 7) is 13.2. The van der Waals surface area contributed by atoms with Gasteiger partial charge in [-0.3, -0.25) is 9.58 Å². The van der Waals surface area contributed by atoms with E-state index >= 15 is 0 Å². The van der Waals surface area contributed by atoms with Gasteiger partial charge in [0.1, 0.15) is 0 Å². The Bertz CT molecular complexity index is 424. The Balaban J connectivity index is 2.02. The number of aryl methyl sites for hydroxylation is 2. The second-order valence-electron chi connectivity index (χ2n) is 6.48. The molecule has 1 aliphatic heterocycles. The van der Waals surface area contributed by atoms with Crippen LogP contribution >= 0.6 is 0 Å². The minimum atomic E-state index is 0.571. The molecular weight excluding hydrogens is 260 g/mol. The van der Waals surface area contributed by atoms with E-state index in [0.29, 0.717) is 12.1 Å². The van der Waals surface area contributed by atoms with Crippen molar-refractivity contribution in [3.63, 3.8) is 0 Å². The molecule has 1 saturated heterocycles. The van der Waals surface area contributed by atoms with Crippen LogP contribution in [0.4, 0.5) is 0 Å². The van der Waals surface area contributed by atoms with E-state index < -0.39 is 0 Å². The highest BCUT2D eigenvalue weighted by molar-refractivity contribution is 5.11. The lowest BCUT2D eigenvalue weighted by Gasteiger charge is -2.36. The molecule has 0 radical (unpaired) electrons. The predicted octanol–water partition coefficient (Wildman–Crippen LogP) is 2.82. The number of aromatic nitrogens is 2. The average Bonchev–Trinajstić information content (AvgIpc) is 2.88. The minimum Gasteiger partial charge on any atom is -0.313 e. The van der Waals surface area contributed by atoms with Gasteiger partial charge in [0.15, 0.2) is 0 Å². The number of hydrogen-bond donors (Lipinski definition) is 1. The zero-order valence-corrected chi connectivity index (χ0v) is 14.2. The largest absolute Gasteiger partial charge is 0.313 e. The fourth-order valence-corrected chi connectivity index (χ4v) is 3.17. The Morgan fingerprint density at radius 1 is 1.33 bits per heavy atom. The molecule has 4 nitrogen and oxygen atoms in total. The zero-order chi connectivity index (χ0) is 15.2. The van der Waals surface area contributed by atoms with Crippen molar-refractivity contribution < 1.29 is 0 Å². The lowest BCUT2D eigenvalue weighted by molar-refractivity contribution is 0.132. The highest BCUT2D eigenvalue weighted by Crippen LogP contribution is 2.20.